The van der Waals surface area contributed by atoms with Crippen LogP contribution in [0.2, 0.25) is 5.02 Å². The topological polar surface area (TPSA) is 68.3 Å². The van der Waals surface area contributed by atoms with Crippen molar-refractivity contribution in [3.63, 3.8) is 0 Å². The molecular weight excluding hydrogens is 408 g/mol. The van der Waals surface area contributed by atoms with Gasteiger partial charge in [-0.3, -0.25) is 4.79 Å². The molecule has 0 radical (unpaired) electrons. The van der Waals surface area contributed by atoms with E-state index in [0.29, 0.717) is 26.9 Å². The van der Waals surface area contributed by atoms with E-state index >= 15 is 0 Å². The van der Waals surface area contributed by atoms with Crippen molar-refractivity contribution >= 4 is 40.9 Å². The zero-order chi connectivity index (χ0) is 20.8. The Bertz CT molecular complexity index is 1030. The lowest BCUT2D eigenvalue weighted by molar-refractivity contribution is -0.125. The Balaban J connectivity index is 1.87. The lowest BCUT2D eigenvalue weighted by Crippen LogP contribution is -2.26. The van der Waals surface area contributed by atoms with Crippen molar-refractivity contribution in [1.82, 2.24) is 4.98 Å². The molecule has 0 spiro atoms. The molecule has 3 aromatic rings. The molecule has 0 saturated heterocycles. The highest BCUT2D eigenvalue weighted by molar-refractivity contribution is 7.98. The van der Waals surface area contributed by atoms with Crippen LogP contribution in [0.15, 0.2) is 71.9 Å². The number of anilines is 1. The van der Waals surface area contributed by atoms with E-state index in [1.807, 2.05) is 25.3 Å². The standard InChI is InChI=1S/C22H19ClN2O3S/c1-14-10-11-16(13-18(14)23)25-20(26)19(15-7-4-3-5-8-15)28-22(27)17-9-6-12-24-21(17)29-2/h3-13,19H,1-2H3,(H,25,26)/t19-/m1/s1. The fourth-order valence-corrected chi connectivity index (χ4v) is 3.38. The van der Waals surface area contributed by atoms with E-state index in [4.69, 9.17) is 16.3 Å². The van der Waals surface area contributed by atoms with Gasteiger partial charge in [-0.1, -0.05) is 48.0 Å². The van der Waals surface area contributed by atoms with Gasteiger partial charge in [0.2, 0.25) is 6.10 Å². The van der Waals surface area contributed by atoms with E-state index in [2.05, 4.69) is 10.3 Å². The molecule has 0 aliphatic rings. The van der Waals surface area contributed by atoms with Gasteiger partial charge < -0.3 is 10.1 Å². The summed E-state index contributed by atoms with van der Waals surface area (Å²) in [6, 6.07) is 17.4. The molecule has 3 rings (SSSR count). The zero-order valence-electron chi connectivity index (χ0n) is 15.9. The Morgan fingerprint density at radius 2 is 1.86 bits per heavy atom. The third-order valence-corrected chi connectivity index (χ3v) is 5.31. The van der Waals surface area contributed by atoms with Crippen LogP contribution in [0.1, 0.15) is 27.6 Å². The molecule has 1 heterocycles. The van der Waals surface area contributed by atoms with Crippen LogP contribution in [0.3, 0.4) is 0 Å². The van der Waals surface area contributed by atoms with Gasteiger partial charge in [0.25, 0.3) is 5.91 Å². The average molecular weight is 427 g/mol. The highest BCUT2D eigenvalue weighted by Crippen LogP contribution is 2.26. The number of rotatable bonds is 6. The van der Waals surface area contributed by atoms with Crippen LogP contribution < -0.4 is 5.32 Å². The first-order chi connectivity index (χ1) is 14.0. The minimum Gasteiger partial charge on any atom is -0.444 e. The summed E-state index contributed by atoms with van der Waals surface area (Å²) < 4.78 is 5.62. The van der Waals surface area contributed by atoms with Gasteiger partial charge in [-0.25, -0.2) is 9.78 Å². The van der Waals surface area contributed by atoms with Crippen LogP contribution in [-0.4, -0.2) is 23.1 Å². The van der Waals surface area contributed by atoms with Gasteiger partial charge in [0, 0.05) is 22.5 Å². The SMILES string of the molecule is CSc1ncccc1C(=O)O[C@@H](C(=O)Nc1ccc(C)c(Cl)c1)c1ccccc1. The lowest BCUT2D eigenvalue weighted by Gasteiger charge is -2.19. The van der Waals surface area contributed by atoms with Crippen molar-refractivity contribution in [3.8, 4) is 0 Å². The molecule has 0 fully saturated rings. The highest BCUT2D eigenvalue weighted by atomic mass is 35.5. The van der Waals surface area contributed by atoms with Gasteiger partial charge in [-0.05, 0) is 43.0 Å². The third kappa shape index (κ3) is 5.16. The number of carbonyl (C=O) groups is 2. The number of ether oxygens (including phenoxy) is 1. The number of nitrogens with one attached hydrogen (secondary N) is 1. The summed E-state index contributed by atoms with van der Waals surface area (Å²) in [6.45, 7) is 1.87. The predicted octanol–water partition coefficient (Wildman–Crippen LogP) is 5.30. The third-order valence-electron chi connectivity index (χ3n) is 4.19. The molecule has 0 aliphatic carbocycles. The summed E-state index contributed by atoms with van der Waals surface area (Å²) in [5.74, 6) is -1.09. The number of carbonyl (C=O) groups excluding carboxylic acids is 2. The predicted molar refractivity (Wildman–Crippen MR) is 115 cm³/mol. The summed E-state index contributed by atoms with van der Waals surface area (Å²) >= 11 is 7.48. The smallest absolute Gasteiger partial charge is 0.342 e. The first-order valence-electron chi connectivity index (χ1n) is 8.81. The first-order valence-corrected chi connectivity index (χ1v) is 10.4. The summed E-state index contributed by atoms with van der Waals surface area (Å²) in [7, 11) is 0. The molecule has 1 N–H and O–H groups in total. The molecule has 1 amide bonds. The van der Waals surface area contributed by atoms with Gasteiger partial charge in [0.05, 0.1) is 5.56 Å². The molecule has 0 bridgehead atoms. The molecule has 1 atom stereocenters. The molecule has 29 heavy (non-hydrogen) atoms. The van der Waals surface area contributed by atoms with Crippen molar-refractivity contribution in [1.29, 1.82) is 0 Å². The van der Waals surface area contributed by atoms with Crippen LogP contribution >= 0.6 is 23.4 Å². The second-order valence-corrected chi connectivity index (χ2v) is 7.41. The average Bonchev–Trinajstić information content (AvgIpc) is 2.75. The lowest BCUT2D eigenvalue weighted by atomic mass is 10.1. The maximum atomic E-state index is 13.0. The number of pyridine rings is 1. The minimum atomic E-state index is -1.13. The molecule has 7 heteroatoms. The van der Waals surface area contributed by atoms with Crippen molar-refractivity contribution in [3.05, 3.63) is 88.6 Å². The number of esters is 1. The van der Waals surface area contributed by atoms with Gasteiger partial charge in [-0.15, -0.1) is 11.8 Å². The van der Waals surface area contributed by atoms with E-state index in [0.717, 1.165) is 5.56 Å². The Hall–Kier alpha value is -2.83. The number of hydrogen-bond acceptors (Lipinski definition) is 5. The van der Waals surface area contributed by atoms with Crippen molar-refractivity contribution in [2.45, 2.75) is 18.1 Å². The summed E-state index contributed by atoms with van der Waals surface area (Å²) in [6.07, 6.45) is 2.30. The van der Waals surface area contributed by atoms with Crippen LogP contribution in [0.4, 0.5) is 5.69 Å². The summed E-state index contributed by atoms with van der Waals surface area (Å²) in [5, 5.41) is 3.85. The molecule has 1 aromatic heterocycles. The maximum Gasteiger partial charge on any atom is 0.342 e. The molecular formula is C22H19ClN2O3S. The molecule has 0 unspecified atom stereocenters. The fourth-order valence-electron chi connectivity index (χ4n) is 2.66. The molecule has 2 aromatic carbocycles. The Morgan fingerprint density at radius 3 is 2.55 bits per heavy atom. The van der Waals surface area contributed by atoms with Crippen LogP contribution in [-0.2, 0) is 9.53 Å². The van der Waals surface area contributed by atoms with Crippen LogP contribution in [0.25, 0.3) is 0 Å². The maximum absolute atomic E-state index is 13.0. The monoisotopic (exact) mass is 426 g/mol. The van der Waals surface area contributed by atoms with E-state index in [1.165, 1.54) is 11.8 Å². The number of nitrogens with zero attached hydrogens (tertiary/aromatic N) is 1. The molecule has 0 aliphatic heterocycles. The second-order valence-electron chi connectivity index (χ2n) is 6.21. The van der Waals surface area contributed by atoms with Crippen LogP contribution in [0.5, 0.6) is 0 Å². The largest absolute Gasteiger partial charge is 0.444 e. The van der Waals surface area contributed by atoms with Gasteiger partial charge in [0.15, 0.2) is 0 Å². The van der Waals surface area contributed by atoms with Crippen molar-refractivity contribution in [2.24, 2.45) is 0 Å². The minimum absolute atomic E-state index is 0.312. The van der Waals surface area contributed by atoms with Gasteiger partial charge in [-0.2, -0.15) is 0 Å². The number of halogens is 1. The number of aryl methyl sites for hydroxylation is 1. The Kier molecular flexibility index (Phi) is 6.90. The number of thioether (sulfide) groups is 1. The van der Waals surface area contributed by atoms with Crippen molar-refractivity contribution in [2.75, 3.05) is 11.6 Å². The van der Waals surface area contributed by atoms with Gasteiger partial charge in [0.1, 0.15) is 5.03 Å². The quantitative estimate of drug-likeness (QED) is 0.427. The number of hydrogen-bond donors (Lipinski definition) is 1. The second kappa shape index (κ2) is 9.58. The molecule has 5 nitrogen and oxygen atoms in total. The number of aromatic nitrogens is 1. The van der Waals surface area contributed by atoms with E-state index < -0.39 is 18.0 Å². The number of benzene rings is 2. The van der Waals surface area contributed by atoms with E-state index in [-0.39, 0.29) is 0 Å². The summed E-state index contributed by atoms with van der Waals surface area (Å²) in [4.78, 5) is 29.9. The number of amides is 1. The van der Waals surface area contributed by atoms with Gasteiger partial charge >= 0.3 is 5.97 Å². The highest BCUT2D eigenvalue weighted by Gasteiger charge is 2.27. The van der Waals surface area contributed by atoms with Crippen LogP contribution in [0, 0.1) is 6.92 Å². The Labute approximate surface area is 178 Å². The molecule has 148 valence electrons. The first kappa shape index (κ1) is 20.9. The molecule has 0 saturated carbocycles. The zero-order valence-corrected chi connectivity index (χ0v) is 17.5. The fraction of sp³-hybridized carbons (Fsp3) is 0.136. The normalized spacial score (nSPS) is 11.6. The summed E-state index contributed by atoms with van der Waals surface area (Å²) in [5.41, 5.74) is 2.30. The van der Waals surface area contributed by atoms with E-state index in [9.17, 15) is 9.59 Å². The van der Waals surface area contributed by atoms with E-state index in [1.54, 1.807) is 54.7 Å². The Morgan fingerprint density at radius 1 is 1.10 bits per heavy atom. The van der Waals surface area contributed by atoms with Crippen molar-refractivity contribution < 1.29 is 14.3 Å².